The number of amides is 2. The Morgan fingerprint density at radius 2 is 2.06 bits per heavy atom. The monoisotopic (exact) mass is 254 g/mol. The van der Waals surface area contributed by atoms with Gasteiger partial charge in [-0.3, -0.25) is 9.59 Å². The van der Waals surface area contributed by atoms with Crippen molar-refractivity contribution >= 4 is 11.8 Å². The highest BCUT2D eigenvalue weighted by Gasteiger charge is 2.43. The second-order valence-electron chi connectivity index (χ2n) is 5.62. The second-order valence-corrected chi connectivity index (χ2v) is 5.62. The molecule has 0 aromatic heterocycles. The average Bonchev–Trinajstić information content (AvgIpc) is 2.32. The molecule has 0 atom stereocenters. The number of rotatable bonds is 3. The number of nitrogens with one attached hydrogen (secondary N) is 1. The number of hydrogen-bond donors (Lipinski definition) is 1. The molecule has 2 fully saturated rings. The Labute approximate surface area is 108 Å². The van der Waals surface area contributed by atoms with Gasteiger partial charge in [-0.15, -0.1) is 0 Å². The zero-order valence-electron chi connectivity index (χ0n) is 11.4. The van der Waals surface area contributed by atoms with Gasteiger partial charge in [0, 0.05) is 25.6 Å². The molecule has 0 aromatic rings. The predicted octanol–water partition coefficient (Wildman–Crippen LogP) is 0.681. The highest BCUT2D eigenvalue weighted by molar-refractivity contribution is 5.93. The van der Waals surface area contributed by atoms with E-state index in [2.05, 4.69) is 5.32 Å². The van der Waals surface area contributed by atoms with Gasteiger partial charge in [0.15, 0.2) is 0 Å². The summed E-state index contributed by atoms with van der Waals surface area (Å²) in [6.07, 6.45) is 2.46. The third kappa shape index (κ3) is 2.51. The van der Waals surface area contributed by atoms with E-state index in [0.717, 1.165) is 19.4 Å². The molecule has 2 rings (SSSR count). The predicted molar refractivity (Wildman–Crippen MR) is 67.0 cm³/mol. The standard InChI is InChI=1S/C13H22N2O3/c1-4-18-10-7-9(8-10)15-6-5-11(16)14-13(2,3)12(15)17/h9-10H,4-8H2,1-3H3,(H,14,16). The second kappa shape index (κ2) is 4.88. The first-order valence-electron chi connectivity index (χ1n) is 6.67. The van der Waals surface area contributed by atoms with Gasteiger partial charge in [-0.2, -0.15) is 0 Å². The molecule has 5 nitrogen and oxygen atoms in total. The van der Waals surface area contributed by atoms with Crippen LogP contribution in [0.15, 0.2) is 0 Å². The summed E-state index contributed by atoms with van der Waals surface area (Å²) >= 11 is 0. The molecule has 1 saturated heterocycles. The summed E-state index contributed by atoms with van der Waals surface area (Å²) in [5, 5.41) is 2.78. The highest BCUT2D eigenvalue weighted by atomic mass is 16.5. The molecular weight excluding hydrogens is 232 g/mol. The SMILES string of the molecule is CCOC1CC(N2CCC(=O)NC(C)(C)C2=O)C1. The minimum Gasteiger partial charge on any atom is -0.378 e. The van der Waals surface area contributed by atoms with Crippen LogP contribution in [0.2, 0.25) is 0 Å². The maximum atomic E-state index is 12.4. The summed E-state index contributed by atoms with van der Waals surface area (Å²) in [4.78, 5) is 25.8. The first-order valence-corrected chi connectivity index (χ1v) is 6.67. The molecule has 1 saturated carbocycles. The van der Waals surface area contributed by atoms with Crippen LogP contribution in [-0.4, -0.2) is 47.6 Å². The molecule has 2 aliphatic rings. The van der Waals surface area contributed by atoms with Crippen LogP contribution in [0.25, 0.3) is 0 Å². The van der Waals surface area contributed by atoms with Gasteiger partial charge < -0.3 is 15.0 Å². The first-order chi connectivity index (χ1) is 8.44. The number of carbonyl (C=O) groups excluding carboxylic acids is 2. The molecular formula is C13H22N2O3. The zero-order chi connectivity index (χ0) is 13.3. The summed E-state index contributed by atoms with van der Waals surface area (Å²) in [5.74, 6) is -0.0233. The Hall–Kier alpha value is -1.10. The number of ether oxygens (including phenoxy) is 1. The Morgan fingerprint density at radius 3 is 2.67 bits per heavy atom. The molecule has 0 spiro atoms. The van der Waals surface area contributed by atoms with Crippen LogP contribution < -0.4 is 5.32 Å². The van der Waals surface area contributed by atoms with Crippen LogP contribution in [0.5, 0.6) is 0 Å². The van der Waals surface area contributed by atoms with Crippen LogP contribution in [0.4, 0.5) is 0 Å². The lowest BCUT2D eigenvalue weighted by atomic mass is 9.86. The van der Waals surface area contributed by atoms with Gasteiger partial charge in [-0.25, -0.2) is 0 Å². The minimum atomic E-state index is -0.787. The summed E-state index contributed by atoms with van der Waals surface area (Å²) in [6, 6.07) is 0.237. The summed E-state index contributed by atoms with van der Waals surface area (Å²) < 4.78 is 5.52. The smallest absolute Gasteiger partial charge is 0.248 e. The number of nitrogens with zero attached hydrogens (tertiary/aromatic N) is 1. The molecule has 102 valence electrons. The van der Waals surface area contributed by atoms with Crippen molar-refractivity contribution in [1.29, 1.82) is 0 Å². The fourth-order valence-corrected chi connectivity index (χ4v) is 2.66. The largest absolute Gasteiger partial charge is 0.378 e. The van der Waals surface area contributed by atoms with Crippen molar-refractivity contribution in [2.75, 3.05) is 13.2 Å². The van der Waals surface area contributed by atoms with Gasteiger partial charge in [0.1, 0.15) is 5.54 Å². The summed E-state index contributed by atoms with van der Waals surface area (Å²) in [7, 11) is 0. The van der Waals surface area contributed by atoms with Gasteiger partial charge in [0.05, 0.1) is 6.10 Å². The van der Waals surface area contributed by atoms with Crippen molar-refractivity contribution in [3.63, 3.8) is 0 Å². The third-order valence-corrected chi connectivity index (χ3v) is 3.74. The topological polar surface area (TPSA) is 58.6 Å². The Kier molecular flexibility index (Phi) is 3.61. The van der Waals surface area contributed by atoms with Crippen molar-refractivity contribution < 1.29 is 14.3 Å². The van der Waals surface area contributed by atoms with Gasteiger partial charge >= 0.3 is 0 Å². The Balaban J connectivity index is 2.00. The van der Waals surface area contributed by atoms with E-state index in [1.807, 2.05) is 11.8 Å². The van der Waals surface area contributed by atoms with Crippen LogP contribution in [0.3, 0.4) is 0 Å². The zero-order valence-corrected chi connectivity index (χ0v) is 11.4. The van der Waals surface area contributed by atoms with E-state index in [9.17, 15) is 9.59 Å². The Morgan fingerprint density at radius 1 is 1.39 bits per heavy atom. The molecule has 1 heterocycles. The summed E-state index contributed by atoms with van der Waals surface area (Å²) in [6.45, 7) is 6.76. The van der Waals surface area contributed by atoms with E-state index in [1.54, 1.807) is 13.8 Å². The van der Waals surface area contributed by atoms with E-state index in [1.165, 1.54) is 0 Å². The minimum absolute atomic E-state index is 0.0216. The number of hydrogen-bond acceptors (Lipinski definition) is 3. The van der Waals surface area contributed by atoms with E-state index in [-0.39, 0.29) is 24.0 Å². The Bertz CT molecular complexity index is 348. The van der Waals surface area contributed by atoms with E-state index >= 15 is 0 Å². The number of carbonyl (C=O) groups is 2. The molecule has 0 bridgehead atoms. The maximum absolute atomic E-state index is 12.4. The lowest BCUT2D eigenvalue weighted by Crippen LogP contribution is -2.58. The van der Waals surface area contributed by atoms with Crippen molar-refractivity contribution in [1.82, 2.24) is 10.2 Å². The fraction of sp³-hybridized carbons (Fsp3) is 0.846. The molecule has 2 amide bonds. The van der Waals surface area contributed by atoms with Gasteiger partial charge in [0.2, 0.25) is 11.8 Å². The van der Waals surface area contributed by atoms with Crippen LogP contribution in [0, 0.1) is 0 Å². The van der Waals surface area contributed by atoms with E-state index < -0.39 is 5.54 Å². The molecule has 1 aliphatic heterocycles. The molecule has 18 heavy (non-hydrogen) atoms. The van der Waals surface area contributed by atoms with Crippen molar-refractivity contribution in [3.8, 4) is 0 Å². The molecule has 1 N–H and O–H groups in total. The molecule has 0 unspecified atom stereocenters. The fourth-order valence-electron chi connectivity index (χ4n) is 2.66. The van der Waals surface area contributed by atoms with Crippen LogP contribution in [-0.2, 0) is 14.3 Å². The molecule has 0 aromatic carbocycles. The van der Waals surface area contributed by atoms with Gasteiger partial charge in [-0.05, 0) is 33.6 Å². The van der Waals surface area contributed by atoms with Gasteiger partial charge in [0.25, 0.3) is 0 Å². The van der Waals surface area contributed by atoms with Crippen molar-refractivity contribution in [2.45, 2.75) is 57.7 Å². The highest BCUT2D eigenvalue weighted by Crippen LogP contribution is 2.30. The lowest BCUT2D eigenvalue weighted by Gasteiger charge is -2.43. The lowest BCUT2D eigenvalue weighted by molar-refractivity contribution is -0.144. The van der Waals surface area contributed by atoms with Gasteiger partial charge in [-0.1, -0.05) is 0 Å². The molecule has 5 heteroatoms. The van der Waals surface area contributed by atoms with Crippen LogP contribution in [0.1, 0.15) is 40.0 Å². The normalized spacial score (nSPS) is 31.6. The third-order valence-electron chi connectivity index (χ3n) is 3.74. The maximum Gasteiger partial charge on any atom is 0.248 e. The average molecular weight is 254 g/mol. The molecule has 0 radical (unpaired) electrons. The van der Waals surface area contributed by atoms with Crippen molar-refractivity contribution in [2.24, 2.45) is 0 Å². The first kappa shape index (κ1) is 13.3. The quantitative estimate of drug-likeness (QED) is 0.806. The summed E-state index contributed by atoms with van der Waals surface area (Å²) in [5.41, 5.74) is -0.787. The van der Waals surface area contributed by atoms with E-state index in [4.69, 9.17) is 4.74 Å². The van der Waals surface area contributed by atoms with Crippen molar-refractivity contribution in [3.05, 3.63) is 0 Å². The van der Waals surface area contributed by atoms with Crippen LogP contribution >= 0.6 is 0 Å². The van der Waals surface area contributed by atoms with E-state index in [0.29, 0.717) is 13.0 Å². The molecule has 1 aliphatic carbocycles.